The third kappa shape index (κ3) is 3.17. The van der Waals surface area contributed by atoms with Crippen molar-refractivity contribution < 1.29 is 17.6 Å². The predicted octanol–water partition coefficient (Wildman–Crippen LogP) is 0.212. The molecule has 1 aliphatic heterocycles. The lowest BCUT2D eigenvalue weighted by molar-refractivity contribution is 0.0696. The van der Waals surface area contributed by atoms with Crippen LogP contribution in [0.1, 0.15) is 21.7 Å². The Bertz CT molecular complexity index is 931. The molecule has 1 fully saturated rings. The molecule has 3 heterocycles. The summed E-state index contributed by atoms with van der Waals surface area (Å²) in [5, 5.41) is 14.6. The zero-order valence-corrected chi connectivity index (χ0v) is 14.4. The largest absolute Gasteiger partial charge is 0.443 e. The molecule has 0 saturated carbocycles. The van der Waals surface area contributed by atoms with Gasteiger partial charge in [-0.1, -0.05) is 0 Å². The summed E-state index contributed by atoms with van der Waals surface area (Å²) in [6.45, 7) is 2.26. The van der Waals surface area contributed by atoms with Gasteiger partial charge in [0.15, 0.2) is 0 Å². The van der Waals surface area contributed by atoms with Crippen LogP contribution in [0.2, 0.25) is 0 Å². The molecule has 0 bridgehead atoms. The number of carbonyl (C=O) groups excluding carboxylic acids is 1. The van der Waals surface area contributed by atoms with Crippen molar-refractivity contribution in [3.05, 3.63) is 41.4 Å². The number of aryl methyl sites for hydroxylation is 1. The van der Waals surface area contributed by atoms with Gasteiger partial charge in [0, 0.05) is 38.6 Å². The van der Waals surface area contributed by atoms with Crippen molar-refractivity contribution in [3.63, 3.8) is 0 Å². The fraction of sp³-hybridized carbons (Fsp3) is 0.333. The highest BCUT2D eigenvalue weighted by Gasteiger charge is 2.31. The lowest BCUT2D eigenvalue weighted by Gasteiger charge is -2.32. The van der Waals surface area contributed by atoms with Crippen molar-refractivity contribution >= 4 is 16.1 Å². The Morgan fingerprint density at radius 1 is 1.24 bits per heavy atom. The number of hydrogen-bond donors (Lipinski definition) is 1. The van der Waals surface area contributed by atoms with Crippen LogP contribution >= 0.6 is 0 Å². The van der Waals surface area contributed by atoms with Gasteiger partial charge < -0.3 is 9.32 Å². The molecule has 0 aliphatic carbocycles. The SMILES string of the molecule is Cc1oc(-n2cccc2)c(C#N)c1C(=O)N1CCN(S(N)(=O)=O)CC1. The van der Waals surface area contributed by atoms with E-state index in [0.717, 1.165) is 4.31 Å². The van der Waals surface area contributed by atoms with Crippen molar-refractivity contribution in [2.24, 2.45) is 5.14 Å². The predicted molar refractivity (Wildman–Crippen MR) is 88.1 cm³/mol. The number of piperazine rings is 1. The molecule has 2 aromatic heterocycles. The molecule has 0 atom stereocenters. The van der Waals surface area contributed by atoms with Gasteiger partial charge in [-0.05, 0) is 19.1 Å². The van der Waals surface area contributed by atoms with E-state index < -0.39 is 10.2 Å². The standard InChI is InChI=1S/C15H17N5O4S/c1-11-13(12(10-16)15(24-11)19-4-2-3-5-19)14(21)18-6-8-20(9-7-18)25(17,22)23/h2-5H,6-9H2,1H3,(H2,17,22,23). The highest BCUT2D eigenvalue weighted by Crippen LogP contribution is 2.27. The Kier molecular flexibility index (Phi) is 4.38. The number of rotatable bonds is 3. The maximum atomic E-state index is 12.8. The van der Waals surface area contributed by atoms with Crippen molar-refractivity contribution in [1.29, 1.82) is 5.26 Å². The molecule has 1 saturated heterocycles. The Balaban J connectivity index is 1.88. The average molecular weight is 363 g/mol. The van der Waals surface area contributed by atoms with Crippen LogP contribution in [0, 0.1) is 18.3 Å². The van der Waals surface area contributed by atoms with Crippen LogP contribution < -0.4 is 5.14 Å². The minimum absolute atomic E-state index is 0.119. The number of nitrogens with two attached hydrogens (primary N) is 1. The summed E-state index contributed by atoms with van der Waals surface area (Å²) < 4.78 is 31.1. The minimum atomic E-state index is -3.76. The summed E-state index contributed by atoms with van der Waals surface area (Å²) in [4.78, 5) is 14.3. The number of hydrogen-bond acceptors (Lipinski definition) is 5. The molecule has 2 N–H and O–H groups in total. The fourth-order valence-corrected chi connectivity index (χ4v) is 3.52. The first kappa shape index (κ1) is 17.2. The van der Waals surface area contributed by atoms with E-state index >= 15 is 0 Å². The van der Waals surface area contributed by atoms with E-state index in [1.54, 1.807) is 36.0 Å². The third-order valence-corrected chi connectivity index (χ3v) is 5.20. The lowest BCUT2D eigenvalue weighted by atomic mass is 10.1. The molecule has 0 radical (unpaired) electrons. The van der Waals surface area contributed by atoms with Gasteiger partial charge in [0.05, 0.1) is 0 Å². The Morgan fingerprint density at radius 3 is 2.36 bits per heavy atom. The summed E-state index contributed by atoms with van der Waals surface area (Å²) in [6.07, 6.45) is 3.44. The zero-order chi connectivity index (χ0) is 18.2. The molecule has 1 amide bonds. The van der Waals surface area contributed by atoms with Crippen molar-refractivity contribution in [3.8, 4) is 12.0 Å². The van der Waals surface area contributed by atoms with Gasteiger partial charge in [0.2, 0.25) is 5.88 Å². The van der Waals surface area contributed by atoms with Gasteiger partial charge in [0.25, 0.3) is 16.1 Å². The number of nitrogens with zero attached hydrogens (tertiary/aromatic N) is 4. The van der Waals surface area contributed by atoms with Gasteiger partial charge in [0.1, 0.15) is 23.0 Å². The second kappa shape index (κ2) is 6.36. The molecule has 0 aromatic carbocycles. The van der Waals surface area contributed by atoms with Crippen LogP contribution in [0.15, 0.2) is 28.9 Å². The maximum Gasteiger partial charge on any atom is 0.277 e. The summed E-state index contributed by atoms with van der Waals surface area (Å²) in [5.41, 5.74) is 0.364. The van der Waals surface area contributed by atoms with Gasteiger partial charge >= 0.3 is 0 Å². The lowest BCUT2D eigenvalue weighted by Crippen LogP contribution is -2.52. The maximum absolute atomic E-state index is 12.8. The van der Waals surface area contributed by atoms with Gasteiger partial charge in [-0.25, -0.2) is 5.14 Å². The summed E-state index contributed by atoms with van der Waals surface area (Å²) in [7, 11) is -3.76. The molecule has 10 heteroatoms. The van der Waals surface area contributed by atoms with E-state index in [9.17, 15) is 18.5 Å². The van der Waals surface area contributed by atoms with E-state index in [-0.39, 0.29) is 49.1 Å². The van der Waals surface area contributed by atoms with Crippen LogP contribution in [0.3, 0.4) is 0 Å². The molecule has 0 unspecified atom stereocenters. The molecule has 25 heavy (non-hydrogen) atoms. The molecular weight excluding hydrogens is 346 g/mol. The third-order valence-electron chi connectivity index (χ3n) is 4.12. The van der Waals surface area contributed by atoms with Crippen LogP contribution in [-0.4, -0.2) is 54.3 Å². The van der Waals surface area contributed by atoms with Crippen LogP contribution in [0.5, 0.6) is 0 Å². The van der Waals surface area contributed by atoms with Crippen molar-refractivity contribution in [2.45, 2.75) is 6.92 Å². The average Bonchev–Trinajstić information content (AvgIpc) is 3.20. The smallest absolute Gasteiger partial charge is 0.277 e. The molecule has 0 spiro atoms. The number of carbonyl (C=O) groups is 1. The Morgan fingerprint density at radius 2 is 1.84 bits per heavy atom. The molecule has 1 aliphatic rings. The van der Waals surface area contributed by atoms with E-state index in [1.165, 1.54) is 4.90 Å². The minimum Gasteiger partial charge on any atom is -0.443 e. The Hall–Kier alpha value is -2.61. The number of amides is 1. The highest BCUT2D eigenvalue weighted by molar-refractivity contribution is 7.86. The molecule has 3 rings (SSSR count). The highest BCUT2D eigenvalue weighted by atomic mass is 32.2. The zero-order valence-electron chi connectivity index (χ0n) is 13.5. The number of aromatic nitrogens is 1. The summed E-state index contributed by atoms with van der Waals surface area (Å²) in [6, 6.07) is 5.61. The summed E-state index contributed by atoms with van der Waals surface area (Å²) in [5.74, 6) is 0.279. The van der Waals surface area contributed by atoms with Crippen LogP contribution in [-0.2, 0) is 10.2 Å². The molecule has 9 nitrogen and oxygen atoms in total. The Labute approximate surface area is 145 Å². The second-order valence-electron chi connectivity index (χ2n) is 5.65. The van der Waals surface area contributed by atoms with Gasteiger partial charge in [-0.15, -0.1) is 0 Å². The number of furan rings is 1. The fourth-order valence-electron chi connectivity index (χ4n) is 2.85. The van der Waals surface area contributed by atoms with Gasteiger partial charge in [-0.2, -0.15) is 18.0 Å². The molecule has 2 aromatic rings. The van der Waals surface area contributed by atoms with Crippen LogP contribution in [0.4, 0.5) is 0 Å². The van der Waals surface area contributed by atoms with Crippen molar-refractivity contribution in [2.75, 3.05) is 26.2 Å². The summed E-state index contributed by atoms with van der Waals surface area (Å²) >= 11 is 0. The normalized spacial score (nSPS) is 16.0. The monoisotopic (exact) mass is 363 g/mol. The first-order valence-corrected chi connectivity index (χ1v) is 9.07. The first-order valence-electron chi connectivity index (χ1n) is 7.57. The second-order valence-corrected chi connectivity index (χ2v) is 7.20. The topological polar surface area (TPSA) is 126 Å². The van der Waals surface area contributed by atoms with E-state index in [1.807, 2.05) is 6.07 Å². The van der Waals surface area contributed by atoms with Crippen molar-refractivity contribution in [1.82, 2.24) is 13.8 Å². The van der Waals surface area contributed by atoms with E-state index in [2.05, 4.69) is 0 Å². The first-order chi connectivity index (χ1) is 11.8. The van der Waals surface area contributed by atoms with Gasteiger partial charge in [-0.3, -0.25) is 9.36 Å². The number of nitriles is 1. The quantitative estimate of drug-likeness (QED) is 0.834. The molecular formula is C15H17N5O4S. The molecule has 132 valence electrons. The van der Waals surface area contributed by atoms with E-state index in [0.29, 0.717) is 5.76 Å². The van der Waals surface area contributed by atoms with E-state index in [4.69, 9.17) is 9.56 Å². The van der Waals surface area contributed by atoms with Crippen LogP contribution in [0.25, 0.3) is 5.88 Å².